The highest BCUT2D eigenvalue weighted by molar-refractivity contribution is 5.04. The monoisotopic (exact) mass is 251 g/mol. The van der Waals surface area contributed by atoms with Crippen molar-refractivity contribution in [3.8, 4) is 0 Å². The second-order valence-corrected chi connectivity index (χ2v) is 5.64. The molecule has 0 radical (unpaired) electrons. The number of aromatic nitrogens is 2. The van der Waals surface area contributed by atoms with E-state index in [1.807, 2.05) is 10.9 Å². The Kier molecular flexibility index (Phi) is 4.78. The second-order valence-electron chi connectivity index (χ2n) is 5.64. The molecule has 1 fully saturated rings. The highest BCUT2D eigenvalue weighted by Crippen LogP contribution is 2.27. The molecule has 4 nitrogen and oxygen atoms in total. The number of nitrogens with one attached hydrogen (secondary N) is 1. The summed E-state index contributed by atoms with van der Waals surface area (Å²) in [6.07, 6.45) is 9.27. The van der Waals surface area contributed by atoms with Gasteiger partial charge in [0.1, 0.15) is 0 Å². The molecular formula is C14H25N3O. The smallest absolute Gasteiger partial charge is 0.0778 e. The van der Waals surface area contributed by atoms with Gasteiger partial charge in [-0.25, -0.2) is 0 Å². The highest BCUT2D eigenvalue weighted by Gasteiger charge is 2.23. The Morgan fingerprint density at radius 2 is 2.17 bits per heavy atom. The third-order valence-corrected chi connectivity index (χ3v) is 3.65. The lowest BCUT2D eigenvalue weighted by Crippen LogP contribution is -2.23. The van der Waals surface area contributed by atoms with Gasteiger partial charge in [-0.3, -0.25) is 4.68 Å². The van der Waals surface area contributed by atoms with E-state index in [1.54, 1.807) is 0 Å². The molecule has 2 unspecified atom stereocenters. The van der Waals surface area contributed by atoms with Crippen molar-refractivity contribution >= 4 is 0 Å². The van der Waals surface area contributed by atoms with Gasteiger partial charge in [-0.2, -0.15) is 5.10 Å². The molecule has 2 rings (SSSR count). The fraction of sp³-hybridized carbons (Fsp3) is 0.786. The molecule has 1 aromatic rings. The summed E-state index contributed by atoms with van der Waals surface area (Å²) in [6.45, 7) is 5.12. The minimum absolute atomic E-state index is 0.167. The zero-order valence-electron chi connectivity index (χ0n) is 11.5. The number of nitrogens with zero attached hydrogens (tertiary/aromatic N) is 2. The number of hydrogen-bond donors (Lipinski definition) is 2. The van der Waals surface area contributed by atoms with Crippen LogP contribution < -0.4 is 5.32 Å². The van der Waals surface area contributed by atoms with E-state index in [0.717, 1.165) is 25.8 Å². The third kappa shape index (κ3) is 3.56. The molecule has 2 N–H and O–H groups in total. The minimum Gasteiger partial charge on any atom is -0.391 e. The Balaban J connectivity index is 1.99. The Bertz CT molecular complexity index is 362. The first-order valence-electron chi connectivity index (χ1n) is 7.11. The van der Waals surface area contributed by atoms with Crippen LogP contribution in [0.2, 0.25) is 0 Å². The molecule has 1 aromatic heterocycles. The van der Waals surface area contributed by atoms with Crippen molar-refractivity contribution in [2.75, 3.05) is 0 Å². The second kappa shape index (κ2) is 6.34. The van der Waals surface area contributed by atoms with E-state index < -0.39 is 0 Å². The maximum Gasteiger partial charge on any atom is 0.0778 e. The van der Waals surface area contributed by atoms with Crippen molar-refractivity contribution in [2.24, 2.45) is 0 Å². The van der Waals surface area contributed by atoms with Gasteiger partial charge in [0.2, 0.25) is 0 Å². The van der Waals surface area contributed by atoms with Crippen LogP contribution in [0.4, 0.5) is 0 Å². The van der Waals surface area contributed by atoms with E-state index in [2.05, 4.69) is 30.5 Å². The molecular weight excluding hydrogens is 226 g/mol. The van der Waals surface area contributed by atoms with Crippen molar-refractivity contribution in [1.29, 1.82) is 0 Å². The van der Waals surface area contributed by atoms with Crippen LogP contribution in [0.25, 0.3) is 0 Å². The summed E-state index contributed by atoms with van der Waals surface area (Å²) in [5, 5.41) is 18.0. The number of hydrogen-bond acceptors (Lipinski definition) is 3. The van der Waals surface area contributed by atoms with Gasteiger partial charge in [-0.15, -0.1) is 0 Å². The minimum atomic E-state index is -0.238. The Morgan fingerprint density at radius 1 is 1.39 bits per heavy atom. The average molecular weight is 251 g/mol. The average Bonchev–Trinajstić information content (AvgIpc) is 2.69. The summed E-state index contributed by atoms with van der Waals surface area (Å²) in [7, 11) is 0. The lowest BCUT2D eigenvalue weighted by atomic mass is 10.1. The SMILES string of the molecule is CC(C)NCc1cnn(C2CCCCCC2O)c1. The van der Waals surface area contributed by atoms with Gasteiger partial charge in [0.25, 0.3) is 0 Å². The van der Waals surface area contributed by atoms with E-state index in [4.69, 9.17) is 0 Å². The first-order chi connectivity index (χ1) is 8.66. The van der Waals surface area contributed by atoms with Crippen molar-refractivity contribution in [1.82, 2.24) is 15.1 Å². The van der Waals surface area contributed by atoms with Crippen LogP contribution in [-0.2, 0) is 6.54 Å². The van der Waals surface area contributed by atoms with E-state index in [9.17, 15) is 5.11 Å². The Labute approximate surface area is 109 Å². The number of aliphatic hydroxyl groups is 1. The van der Waals surface area contributed by atoms with Crippen LogP contribution >= 0.6 is 0 Å². The summed E-state index contributed by atoms with van der Waals surface area (Å²) >= 11 is 0. The molecule has 0 amide bonds. The maximum absolute atomic E-state index is 10.2. The van der Waals surface area contributed by atoms with Crippen LogP contribution in [0.5, 0.6) is 0 Å². The van der Waals surface area contributed by atoms with Crippen LogP contribution in [-0.4, -0.2) is 27.0 Å². The third-order valence-electron chi connectivity index (χ3n) is 3.65. The van der Waals surface area contributed by atoms with Crippen molar-refractivity contribution in [3.63, 3.8) is 0 Å². The van der Waals surface area contributed by atoms with Gasteiger partial charge >= 0.3 is 0 Å². The van der Waals surface area contributed by atoms with Gasteiger partial charge < -0.3 is 10.4 Å². The van der Waals surface area contributed by atoms with E-state index in [-0.39, 0.29) is 12.1 Å². The van der Waals surface area contributed by atoms with Crippen LogP contribution in [0.15, 0.2) is 12.4 Å². The molecule has 0 bridgehead atoms. The topological polar surface area (TPSA) is 50.1 Å². The molecule has 102 valence electrons. The van der Waals surface area contributed by atoms with E-state index in [1.165, 1.54) is 18.4 Å². The normalized spacial score (nSPS) is 25.3. The Morgan fingerprint density at radius 3 is 2.94 bits per heavy atom. The molecule has 1 heterocycles. The van der Waals surface area contributed by atoms with Gasteiger partial charge in [-0.1, -0.05) is 33.1 Å². The molecule has 0 spiro atoms. The fourth-order valence-corrected chi connectivity index (χ4v) is 2.55. The summed E-state index contributed by atoms with van der Waals surface area (Å²) in [5.41, 5.74) is 1.19. The van der Waals surface area contributed by atoms with Crippen molar-refractivity contribution < 1.29 is 5.11 Å². The number of aliphatic hydroxyl groups excluding tert-OH is 1. The predicted octanol–water partition coefficient (Wildman–Crippen LogP) is 2.25. The Hall–Kier alpha value is -0.870. The molecule has 2 atom stereocenters. The first-order valence-corrected chi connectivity index (χ1v) is 7.11. The van der Waals surface area contributed by atoms with Gasteiger partial charge in [0.05, 0.1) is 18.3 Å². The summed E-state index contributed by atoms with van der Waals surface area (Å²) in [5.74, 6) is 0. The molecule has 4 heteroatoms. The highest BCUT2D eigenvalue weighted by atomic mass is 16.3. The van der Waals surface area contributed by atoms with Gasteiger partial charge in [0.15, 0.2) is 0 Å². The number of rotatable bonds is 4. The summed E-state index contributed by atoms with van der Waals surface area (Å²) in [4.78, 5) is 0. The fourth-order valence-electron chi connectivity index (χ4n) is 2.55. The quantitative estimate of drug-likeness (QED) is 0.807. The van der Waals surface area contributed by atoms with Crippen LogP contribution in [0.1, 0.15) is 57.6 Å². The molecule has 0 aromatic carbocycles. The van der Waals surface area contributed by atoms with Gasteiger partial charge in [-0.05, 0) is 12.8 Å². The summed E-state index contributed by atoms with van der Waals surface area (Å²) in [6, 6.07) is 0.650. The molecule has 0 aliphatic heterocycles. The molecule has 18 heavy (non-hydrogen) atoms. The van der Waals surface area contributed by atoms with E-state index >= 15 is 0 Å². The zero-order valence-corrected chi connectivity index (χ0v) is 11.5. The first kappa shape index (κ1) is 13.6. The predicted molar refractivity (Wildman–Crippen MR) is 72.3 cm³/mol. The van der Waals surface area contributed by atoms with Crippen LogP contribution in [0.3, 0.4) is 0 Å². The lowest BCUT2D eigenvalue weighted by molar-refractivity contribution is 0.0990. The molecule has 1 aliphatic carbocycles. The largest absolute Gasteiger partial charge is 0.391 e. The lowest BCUT2D eigenvalue weighted by Gasteiger charge is -2.20. The molecule has 1 saturated carbocycles. The molecule has 1 aliphatic rings. The van der Waals surface area contributed by atoms with Crippen LogP contribution in [0, 0.1) is 0 Å². The maximum atomic E-state index is 10.2. The zero-order chi connectivity index (χ0) is 13.0. The summed E-state index contributed by atoms with van der Waals surface area (Å²) < 4.78 is 1.97. The van der Waals surface area contributed by atoms with Gasteiger partial charge in [0, 0.05) is 24.3 Å². The standard InChI is InChI=1S/C14H25N3O/c1-11(2)15-8-12-9-16-17(10-12)13-6-4-3-5-7-14(13)18/h9-11,13-15,18H,3-8H2,1-2H3. The molecule has 0 saturated heterocycles. The van der Waals surface area contributed by atoms with Crippen molar-refractivity contribution in [3.05, 3.63) is 18.0 Å². The van der Waals surface area contributed by atoms with Crippen molar-refractivity contribution in [2.45, 2.75) is 70.7 Å². The van der Waals surface area contributed by atoms with E-state index in [0.29, 0.717) is 6.04 Å².